The van der Waals surface area contributed by atoms with Gasteiger partial charge in [-0.1, -0.05) is 43.5 Å². The number of methoxy groups -OCH3 is 1. The molecule has 2 aromatic carbocycles. The molecule has 1 aliphatic carbocycles. The van der Waals surface area contributed by atoms with Crippen molar-refractivity contribution in [2.45, 2.75) is 77.3 Å². The van der Waals surface area contributed by atoms with Gasteiger partial charge in [-0.05, 0) is 86.2 Å². The Bertz CT molecular complexity index is 1300. The molecule has 0 radical (unpaired) electrons. The number of aromatic nitrogens is 1. The summed E-state index contributed by atoms with van der Waals surface area (Å²) in [5.41, 5.74) is 3.34. The summed E-state index contributed by atoms with van der Waals surface area (Å²) in [6.45, 7) is 3.96. The fourth-order valence-electron chi connectivity index (χ4n) is 5.42. The maximum atomic E-state index is 14.0. The number of amides is 3. The van der Waals surface area contributed by atoms with Gasteiger partial charge in [-0.15, -0.1) is 0 Å². The quantitative estimate of drug-likeness (QED) is 0.300. The maximum Gasteiger partial charge on any atom is 0.248 e. The number of nitrogens with one attached hydrogen (secondary N) is 2. The van der Waals surface area contributed by atoms with E-state index in [0.717, 1.165) is 36.8 Å². The second-order valence-electron chi connectivity index (χ2n) is 10.7. The summed E-state index contributed by atoms with van der Waals surface area (Å²) in [5.74, 6) is 0.502. The molecule has 1 fully saturated rings. The first-order chi connectivity index (χ1) is 19.8. The van der Waals surface area contributed by atoms with Gasteiger partial charge in [0.05, 0.1) is 7.11 Å². The normalized spacial score (nSPS) is 14.1. The van der Waals surface area contributed by atoms with Gasteiger partial charge in [-0.3, -0.25) is 19.3 Å². The Labute approximate surface area is 242 Å². The SMILES string of the molecule is COc1ccc([C@@H](C(=O)NC2CCCCC2)N(C(=O)CCCC(=O)Nc2ccccn2)c2cc(C)cc(C)c2)cc1. The van der Waals surface area contributed by atoms with Crippen LogP contribution in [-0.2, 0) is 14.4 Å². The van der Waals surface area contributed by atoms with Gasteiger partial charge in [0.25, 0.3) is 0 Å². The minimum absolute atomic E-state index is 0.0866. The number of benzene rings is 2. The minimum atomic E-state index is -0.876. The van der Waals surface area contributed by atoms with Crippen LogP contribution < -0.4 is 20.3 Å². The van der Waals surface area contributed by atoms with Gasteiger partial charge < -0.3 is 15.4 Å². The monoisotopic (exact) mass is 556 g/mol. The van der Waals surface area contributed by atoms with E-state index in [2.05, 4.69) is 15.6 Å². The zero-order valence-electron chi connectivity index (χ0n) is 24.2. The predicted octanol–water partition coefficient (Wildman–Crippen LogP) is 6.04. The van der Waals surface area contributed by atoms with Crippen molar-refractivity contribution in [3.63, 3.8) is 0 Å². The van der Waals surface area contributed by atoms with E-state index in [0.29, 0.717) is 29.2 Å². The van der Waals surface area contributed by atoms with Crippen LogP contribution >= 0.6 is 0 Å². The highest BCUT2D eigenvalue weighted by Gasteiger charge is 2.34. The van der Waals surface area contributed by atoms with Crippen LogP contribution in [0.2, 0.25) is 0 Å². The van der Waals surface area contributed by atoms with Gasteiger partial charge in [-0.25, -0.2) is 4.98 Å². The van der Waals surface area contributed by atoms with E-state index in [9.17, 15) is 14.4 Å². The molecule has 41 heavy (non-hydrogen) atoms. The Morgan fingerprint density at radius 3 is 2.29 bits per heavy atom. The molecule has 1 aliphatic rings. The molecule has 1 saturated carbocycles. The van der Waals surface area contributed by atoms with Gasteiger partial charge in [0.1, 0.15) is 17.6 Å². The van der Waals surface area contributed by atoms with Crippen molar-refractivity contribution < 1.29 is 19.1 Å². The zero-order chi connectivity index (χ0) is 29.2. The number of carbonyl (C=O) groups excluding carboxylic acids is 3. The standard InChI is InChI=1S/C33H40N4O4/c1-23-20-24(2)22-27(21-23)37(31(39)14-9-13-30(38)36-29-12-7-8-19-34-29)32(25-15-17-28(41-3)18-16-25)33(40)35-26-10-5-4-6-11-26/h7-8,12,15-22,26,32H,4-6,9-11,13-14H2,1-3H3,(H,35,40)(H,34,36,38)/t32-/m0/s1. The van der Waals surface area contributed by atoms with Crippen LogP contribution in [0.25, 0.3) is 0 Å². The fraction of sp³-hybridized carbons (Fsp3) is 0.394. The molecule has 4 rings (SSSR count). The Hall–Kier alpha value is -4.20. The van der Waals surface area contributed by atoms with Gasteiger partial charge >= 0.3 is 0 Å². The third-order valence-corrected chi connectivity index (χ3v) is 7.37. The number of aryl methyl sites for hydroxylation is 2. The van der Waals surface area contributed by atoms with Gasteiger partial charge in [0, 0.05) is 30.8 Å². The summed E-state index contributed by atoms with van der Waals surface area (Å²) >= 11 is 0. The maximum absolute atomic E-state index is 14.0. The first-order valence-corrected chi connectivity index (χ1v) is 14.4. The van der Waals surface area contributed by atoms with E-state index in [1.807, 2.05) is 56.3 Å². The molecule has 1 atom stereocenters. The molecule has 0 bridgehead atoms. The topological polar surface area (TPSA) is 101 Å². The van der Waals surface area contributed by atoms with Crippen LogP contribution in [0.5, 0.6) is 5.75 Å². The number of rotatable bonds is 11. The summed E-state index contributed by atoms with van der Waals surface area (Å²) in [6.07, 6.45) is 7.41. The molecule has 1 aromatic heterocycles. The number of hydrogen-bond acceptors (Lipinski definition) is 5. The van der Waals surface area contributed by atoms with Crippen LogP contribution in [0, 0.1) is 13.8 Å². The third-order valence-electron chi connectivity index (χ3n) is 7.37. The molecule has 3 amide bonds. The second kappa shape index (κ2) is 14.4. The molecule has 1 heterocycles. The summed E-state index contributed by atoms with van der Waals surface area (Å²) in [4.78, 5) is 46.3. The largest absolute Gasteiger partial charge is 0.497 e. The van der Waals surface area contributed by atoms with Crippen molar-refractivity contribution in [2.24, 2.45) is 0 Å². The molecule has 0 spiro atoms. The Morgan fingerprint density at radius 2 is 1.66 bits per heavy atom. The van der Waals surface area contributed by atoms with Crippen molar-refractivity contribution in [2.75, 3.05) is 17.3 Å². The molecule has 0 saturated heterocycles. The number of carbonyl (C=O) groups is 3. The first-order valence-electron chi connectivity index (χ1n) is 14.4. The van der Waals surface area contributed by atoms with E-state index in [1.165, 1.54) is 6.42 Å². The molecule has 216 valence electrons. The highest BCUT2D eigenvalue weighted by Crippen LogP contribution is 2.32. The molecule has 0 unspecified atom stereocenters. The summed E-state index contributed by atoms with van der Waals surface area (Å²) in [7, 11) is 1.59. The highest BCUT2D eigenvalue weighted by molar-refractivity contribution is 6.01. The van der Waals surface area contributed by atoms with Gasteiger partial charge in [-0.2, -0.15) is 0 Å². The Balaban J connectivity index is 1.61. The third kappa shape index (κ3) is 8.39. The Morgan fingerprint density at radius 1 is 0.951 bits per heavy atom. The lowest BCUT2D eigenvalue weighted by Gasteiger charge is -2.34. The average molecular weight is 557 g/mol. The molecule has 8 heteroatoms. The summed E-state index contributed by atoms with van der Waals surface area (Å²) in [6, 6.07) is 17.7. The minimum Gasteiger partial charge on any atom is -0.497 e. The summed E-state index contributed by atoms with van der Waals surface area (Å²) in [5, 5.41) is 6.01. The zero-order valence-corrected chi connectivity index (χ0v) is 24.2. The van der Waals surface area contributed by atoms with E-state index in [1.54, 1.807) is 36.4 Å². The lowest BCUT2D eigenvalue weighted by molar-refractivity contribution is -0.127. The number of pyridine rings is 1. The number of anilines is 2. The average Bonchev–Trinajstić information content (AvgIpc) is 2.96. The molecule has 2 N–H and O–H groups in total. The van der Waals surface area contributed by atoms with Crippen LogP contribution in [-0.4, -0.2) is 35.9 Å². The smallest absolute Gasteiger partial charge is 0.248 e. The first kappa shape index (κ1) is 29.8. The van der Waals surface area contributed by atoms with E-state index in [4.69, 9.17) is 4.74 Å². The number of ether oxygens (including phenoxy) is 1. The van der Waals surface area contributed by atoms with Gasteiger partial charge in [0.2, 0.25) is 17.7 Å². The summed E-state index contributed by atoms with van der Waals surface area (Å²) < 4.78 is 5.35. The molecule has 0 aliphatic heterocycles. The van der Waals surface area contributed by atoms with E-state index >= 15 is 0 Å². The highest BCUT2D eigenvalue weighted by atomic mass is 16.5. The lowest BCUT2D eigenvalue weighted by atomic mass is 9.94. The molecule has 8 nitrogen and oxygen atoms in total. The van der Waals surface area contributed by atoms with Crippen LogP contribution in [0.15, 0.2) is 66.9 Å². The Kier molecular flexibility index (Phi) is 10.5. The second-order valence-corrected chi connectivity index (χ2v) is 10.7. The van der Waals surface area contributed by atoms with E-state index < -0.39 is 6.04 Å². The van der Waals surface area contributed by atoms with E-state index in [-0.39, 0.29) is 36.6 Å². The van der Waals surface area contributed by atoms with Crippen LogP contribution in [0.3, 0.4) is 0 Å². The van der Waals surface area contributed by atoms with Crippen LogP contribution in [0.4, 0.5) is 11.5 Å². The fourth-order valence-corrected chi connectivity index (χ4v) is 5.42. The number of hydrogen-bond donors (Lipinski definition) is 2. The van der Waals surface area contributed by atoms with Gasteiger partial charge in [0.15, 0.2) is 0 Å². The molecule has 3 aromatic rings. The number of nitrogens with zero attached hydrogens (tertiary/aromatic N) is 2. The van der Waals surface area contributed by atoms with Crippen LogP contribution in [0.1, 0.15) is 74.1 Å². The van der Waals surface area contributed by atoms with Crippen molar-refractivity contribution >= 4 is 29.2 Å². The van der Waals surface area contributed by atoms with Crippen molar-refractivity contribution in [1.29, 1.82) is 0 Å². The van der Waals surface area contributed by atoms with Crippen molar-refractivity contribution in [3.8, 4) is 5.75 Å². The predicted molar refractivity (Wildman–Crippen MR) is 161 cm³/mol. The molecular weight excluding hydrogens is 516 g/mol. The van der Waals surface area contributed by atoms with Crippen molar-refractivity contribution in [3.05, 3.63) is 83.6 Å². The van der Waals surface area contributed by atoms with Crippen molar-refractivity contribution in [1.82, 2.24) is 10.3 Å². The molecular formula is C33H40N4O4. The lowest BCUT2D eigenvalue weighted by Crippen LogP contribution is -2.47.